The lowest BCUT2D eigenvalue weighted by atomic mass is 10.1. The van der Waals surface area contributed by atoms with Gasteiger partial charge in [-0.05, 0) is 79.5 Å². The van der Waals surface area contributed by atoms with E-state index in [-0.39, 0.29) is 15.5 Å². The molecule has 1 aromatic carbocycles. The molecule has 0 radical (unpaired) electrons. The van der Waals surface area contributed by atoms with Crippen LogP contribution in [0.5, 0.6) is 0 Å². The maximum Gasteiger partial charge on any atom is 0.331 e. The van der Waals surface area contributed by atoms with Crippen LogP contribution in [0.15, 0.2) is 23.1 Å². The van der Waals surface area contributed by atoms with Crippen LogP contribution in [-0.4, -0.2) is 61.0 Å². The van der Waals surface area contributed by atoms with E-state index in [1.165, 1.54) is 22.5 Å². The predicted octanol–water partition coefficient (Wildman–Crippen LogP) is 4.55. The summed E-state index contributed by atoms with van der Waals surface area (Å²) < 4.78 is 39.5. The quantitative estimate of drug-likeness (QED) is 0.519. The summed E-state index contributed by atoms with van der Waals surface area (Å²) in [5.74, 6) is -1.27. The molecule has 1 aliphatic rings. The van der Waals surface area contributed by atoms with E-state index < -0.39 is 45.2 Å². The third kappa shape index (κ3) is 8.74. The van der Waals surface area contributed by atoms with Gasteiger partial charge in [0.25, 0.3) is 5.91 Å². The Kier molecular flexibility index (Phi) is 9.78. The lowest BCUT2D eigenvalue weighted by Crippen LogP contribution is -2.52. The fraction of sp³-hybridized carbons (Fsp3) is 0.680. The first-order chi connectivity index (χ1) is 16.0. The minimum absolute atomic E-state index is 0.0407. The molecule has 0 spiro atoms. The Labute approximate surface area is 214 Å². The molecule has 0 aromatic heterocycles. The van der Waals surface area contributed by atoms with E-state index in [9.17, 15) is 18.0 Å². The molecule has 2 rings (SSSR count). The van der Waals surface area contributed by atoms with E-state index in [4.69, 9.17) is 21.1 Å². The number of sulfonamides is 1. The Morgan fingerprint density at radius 1 is 1.00 bits per heavy atom. The average Bonchev–Trinajstić information content (AvgIpc) is 2.99. The second-order valence-corrected chi connectivity index (χ2v) is 13.2. The van der Waals surface area contributed by atoms with Crippen molar-refractivity contribution < 1.29 is 27.5 Å². The van der Waals surface area contributed by atoms with Gasteiger partial charge in [-0.1, -0.05) is 24.4 Å². The molecule has 0 aliphatic carbocycles. The smallest absolute Gasteiger partial charge is 0.331 e. The van der Waals surface area contributed by atoms with Crippen molar-refractivity contribution in [2.45, 2.75) is 102 Å². The number of ether oxygens (including phenoxy) is 2. The van der Waals surface area contributed by atoms with E-state index in [0.717, 1.165) is 25.7 Å². The Balaban J connectivity index is 2.34. The molecular formula is C25H39ClN2O6S. The van der Waals surface area contributed by atoms with Crippen LogP contribution in [0.2, 0.25) is 5.02 Å². The van der Waals surface area contributed by atoms with Crippen LogP contribution in [0, 0.1) is 0 Å². The highest BCUT2D eigenvalue weighted by Gasteiger charge is 2.35. The Morgan fingerprint density at radius 3 is 2.09 bits per heavy atom. The van der Waals surface area contributed by atoms with Crippen LogP contribution in [-0.2, 0) is 24.3 Å². The van der Waals surface area contributed by atoms with Gasteiger partial charge in [0.1, 0.15) is 10.5 Å². The van der Waals surface area contributed by atoms with Gasteiger partial charge >= 0.3 is 5.97 Å². The maximum atomic E-state index is 13.3. The van der Waals surface area contributed by atoms with E-state index in [0.29, 0.717) is 13.1 Å². The van der Waals surface area contributed by atoms with Crippen molar-refractivity contribution in [2.75, 3.05) is 13.1 Å². The second kappa shape index (κ2) is 11.6. The number of hydrogen-bond acceptors (Lipinski definition) is 6. The van der Waals surface area contributed by atoms with Gasteiger partial charge in [-0.2, -0.15) is 4.31 Å². The summed E-state index contributed by atoms with van der Waals surface area (Å²) in [4.78, 5) is 26.0. The Morgan fingerprint density at radius 2 is 1.57 bits per heavy atom. The molecule has 1 saturated heterocycles. The fourth-order valence-electron chi connectivity index (χ4n) is 3.85. The van der Waals surface area contributed by atoms with Crippen LogP contribution in [0.25, 0.3) is 0 Å². The van der Waals surface area contributed by atoms with Crippen LogP contribution in [0.3, 0.4) is 0 Å². The van der Waals surface area contributed by atoms with Crippen molar-refractivity contribution in [2.24, 2.45) is 0 Å². The molecule has 1 aliphatic heterocycles. The molecular weight excluding hydrogens is 492 g/mol. The fourth-order valence-corrected chi connectivity index (χ4v) is 5.86. The summed E-state index contributed by atoms with van der Waals surface area (Å²) >= 11 is 6.27. The number of amides is 1. The number of nitrogens with one attached hydrogen (secondary N) is 1. The van der Waals surface area contributed by atoms with Gasteiger partial charge in [0, 0.05) is 18.7 Å². The zero-order chi connectivity index (χ0) is 26.6. The zero-order valence-electron chi connectivity index (χ0n) is 21.8. The molecule has 0 saturated carbocycles. The molecule has 35 heavy (non-hydrogen) atoms. The third-order valence-electron chi connectivity index (χ3n) is 5.33. The summed E-state index contributed by atoms with van der Waals surface area (Å²) in [6.07, 6.45) is 2.80. The van der Waals surface area contributed by atoms with Crippen molar-refractivity contribution in [3.05, 3.63) is 28.8 Å². The summed E-state index contributed by atoms with van der Waals surface area (Å²) in [7, 11) is -3.88. The number of rotatable bonds is 7. The van der Waals surface area contributed by atoms with Crippen LogP contribution >= 0.6 is 11.6 Å². The van der Waals surface area contributed by atoms with E-state index in [2.05, 4.69) is 5.32 Å². The molecule has 0 bridgehead atoms. The Bertz CT molecular complexity index is 1010. The Hall–Kier alpha value is -1.68. The van der Waals surface area contributed by atoms with E-state index in [1.54, 1.807) is 27.7 Å². The number of carbonyl (C=O) groups is 2. The SMILES string of the molecule is C[C@H](OC(C)(C)C)[C@@H](NC(=O)c1ccc(Cl)c(S(=O)(=O)N2CCCCCC2)c1)C(=O)OC(C)(C)C. The van der Waals surface area contributed by atoms with Crippen LogP contribution in [0.1, 0.15) is 84.5 Å². The van der Waals surface area contributed by atoms with Gasteiger partial charge in [0.05, 0.1) is 16.7 Å². The van der Waals surface area contributed by atoms with Crippen molar-refractivity contribution in [1.82, 2.24) is 9.62 Å². The lowest BCUT2D eigenvalue weighted by molar-refractivity contribution is -0.164. The lowest BCUT2D eigenvalue weighted by Gasteiger charge is -2.32. The molecule has 198 valence electrons. The molecule has 10 heteroatoms. The van der Waals surface area contributed by atoms with Crippen molar-refractivity contribution >= 4 is 33.5 Å². The summed E-state index contributed by atoms with van der Waals surface area (Å²) in [5.41, 5.74) is -1.27. The van der Waals surface area contributed by atoms with E-state index in [1.807, 2.05) is 20.8 Å². The van der Waals surface area contributed by atoms with Gasteiger partial charge in [-0.3, -0.25) is 4.79 Å². The summed E-state index contributed by atoms with van der Waals surface area (Å²) in [5, 5.41) is 2.72. The summed E-state index contributed by atoms with van der Waals surface area (Å²) in [6.45, 7) is 13.2. The number of benzene rings is 1. The monoisotopic (exact) mass is 530 g/mol. The van der Waals surface area contributed by atoms with Crippen LogP contribution in [0.4, 0.5) is 0 Å². The van der Waals surface area contributed by atoms with E-state index >= 15 is 0 Å². The maximum absolute atomic E-state index is 13.3. The van der Waals surface area contributed by atoms with Crippen LogP contribution < -0.4 is 5.32 Å². The zero-order valence-corrected chi connectivity index (χ0v) is 23.4. The third-order valence-corrected chi connectivity index (χ3v) is 7.71. The molecule has 0 unspecified atom stereocenters. The molecule has 8 nitrogen and oxygen atoms in total. The molecule has 1 heterocycles. The van der Waals surface area contributed by atoms with Crippen molar-refractivity contribution in [3.63, 3.8) is 0 Å². The number of hydrogen-bond donors (Lipinski definition) is 1. The van der Waals surface area contributed by atoms with Gasteiger partial charge < -0.3 is 14.8 Å². The van der Waals surface area contributed by atoms with Gasteiger partial charge in [-0.25, -0.2) is 13.2 Å². The molecule has 2 atom stereocenters. The highest BCUT2D eigenvalue weighted by Crippen LogP contribution is 2.28. The van der Waals surface area contributed by atoms with Gasteiger partial charge in [0.2, 0.25) is 10.0 Å². The first kappa shape index (κ1) is 29.5. The largest absolute Gasteiger partial charge is 0.458 e. The highest BCUT2D eigenvalue weighted by molar-refractivity contribution is 7.89. The normalized spacial score (nSPS) is 17.8. The first-order valence-corrected chi connectivity index (χ1v) is 13.8. The predicted molar refractivity (Wildman–Crippen MR) is 136 cm³/mol. The van der Waals surface area contributed by atoms with Gasteiger partial charge in [-0.15, -0.1) is 0 Å². The topological polar surface area (TPSA) is 102 Å². The van der Waals surface area contributed by atoms with Gasteiger partial charge in [0.15, 0.2) is 6.04 Å². The first-order valence-electron chi connectivity index (χ1n) is 12.0. The van der Waals surface area contributed by atoms with Crippen molar-refractivity contribution in [3.8, 4) is 0 Å². The minimum Gasteiger partial charge on any atom is -0.458 e. The number of nitrogens with zero attached hydrogens (tertiary/aromatic N) is 1. The van der Waals surface area contributed by atoms with Crippen molar-refractivity contribution in [1.29, 1.82) is 0 Å². The standard InChI is InChI=1S/C25H39ClN2O6S/c1-17(33-24(2,3)4)21(23(30)34-25(5,6)7)27-22(29)18-12-13-19(26)20(16-18)35(31,32)28-14-10-8-9-11-15-28/h12-13,16-17,21H,8-11,14-15H2,1-7H3,(H,27,29)/t17-,21+/m0/s1. The highest BCUT2D eigenvalue weighted by atomic mass is 35.5. The number of carbonyl (C=O) groups excluding carboxylic acids is 2. The molecule has 1 N–H and O–H groups in total. The molecule has 1 fully saturated rings. The molecule has 1 amide bonds. The average molecular weight is 531 g/mol. The molecule has 1 aromatic rings. The second-order valence-electron chi connectivity index (χ2n) is 10.9. The minimum atomic E-state index is -3.88. The summed E-state index contributed by atoms with van der Waals surface area (Å²) in [6, 6.07) is 2.97. The number of esters is 1. The number of halogens is 1.